The summed E-state index contributed by atoms with van der Waals surface area (Å²) < 4.78 is 32.2. The van der Waals surface area contributed by atoms with Crippen LogP contribution in [-0.2, 0) is 27.9 Å². The molecule has 0 amide bonds. The quantitative estimate of drug-likeness (QED) is 0.855. The van der Waals surface area contributed by atoms with Crippen LogP contribution >= 0.6 is 0 Å². The van der Waals surface area contributed by atoms with Crippen LogP contribution in [0.2, 0.25) is 0 Å². The Kier molecular flexibility index (Phi) is 4.18. The maximum atomic E-state index is 12.6. The Hall–Kier alpha value is -1.85. The molecule has 1 aliphatic heterocycles. The van der Waals surface area contributed by atoms with Crippen molar-refractivity contribution in [1.29, 1.82) is 0 Å². The monoisotopic (exact) mass is 317 g/mol. The largest absolute Gasteiger partial charge is 0.376 e. The zero-order chi connectivity index (χ0) is 15.6. The van der Waals surface area contributed by atoms with Crippen molar-refractivity contribution in [1.82, 2.24) is 0 Å². The van der Waals surface area contributed by atoms with Gasteiger partial charge in [-0.2, -0.15) is 0 Å². The van der Waals surface area contributed by atoms with Crippen molar-refractivity contribution in [3.8, 4) is 0 Å². The van der Waals surface area contributed by atoms with Crippen molar-refractivity contribution in [3.05, 3.63) is 65.2 Å². The van der Waals surface area contributed by atoms with Gasteiger partial charge in [-0.3, -0.25) is 4.31 Å². The molecule has 0 N–H and O–H groups in total. The molecule has 0 spiro atoms. The molecule has 22 heavy (non-hydrogen) atoms. The average molecular weight is 317 g/mol. The molecule has 1 heterocycles. The summed E-state index contributed by atoms with van der Waals surface area (Å²) in [5, 5.41) is 0. The molecule has 2 aromatic carbocycles. The van der Waals surface area contributed by atoms with Crippen molar-refractivity contribution in [2.75, 3.05) is 16.7 Å². The summed E-state index contributed by atoms with van der Waals surface area (Å²) in [5.74, 6) is 0.00714. The summed E-state index contributed by atoms with van der Waals surface area (Å²) in [6.07, 6.45) is 0. The highest BCUT2D eigenvalue weighted by molar-refractivity contribution is 7.92. The Morgan fingerprint density at radius 3 is 2.59 bits per heavy atom. The van der Waals surface area contributed by atoms with E-state index in [4.69, 9.17) is 4.74 Å². The molecule has 0 aliphatic carbocycles. The summed E-state index contributed by atoms with van der Waals surface area (Å²) in [7, 11) is -3.40. The van der Waals surface area contributed by atoms with E-state index >= 15 is 0 Å². The number of hydrogen-bond acceptors (Lipinski definition) is 3. The van der Waals surface area contributed by atoms with Gasteiger partial charge in [0, 0.05) is 5.56 Å². The highest BCUT2D eigenvalue weighted by Crippen LogP contribution is 2.28. The van der Waals surface area contributed by atoms with Gasteiger partial charge in [-0.25, -0.2) is 8.42 Å². The number of anilines is 1. The zero-order valence-corrected chi connectivity index (χ0v) is 13.3. The minimum Gasteiger partial charge on any atom is -0.376 e. The Bertz CT molecular complexity index is 754. The predicted molar refractivity (Wildman–Crippen MR) is 87.2 cm³/mol. The molecular formula is C17H19NO3S. The predicted octanol–water partition coefficient (Wildman–Crippen LogP) is 2.86. The molecule has 0 unspecified atom stereocenters. The standard InChI is InChI=1S/C17H19NO3S/c1-14-6-8-15(9-7-14)12-18-17-5-3-2-4-16(17)13-21-10-11-22(18,19)20/h2-9H,10-13H2,1H3. The van der Waals surface area contributed by atoms with Gasteiger partial charge in [-0.05, 0) is 18.6 Å². The molecule has 0 aromatic heterocycles. The third kappa shape index (κ3) is 3.15. The Morgan fingerprint density at radius 2 is 1.82 bits per heavy atom. The molecule has 0 atom stereocenters. The fraction of sp³-hybridized carbons (Fsp3) is 0.294. The van der Waals surface area contributed by atoms with Crippen molar-refractivity contribution in [3.63, 3.8) is 0 Å². The van der Waals surface area contributed by atoms with Gasteiger partial charge in [0.15, 0.2) is 0 Å². The molecule has 0 bridgehead atoms. The van der Waals surface area contributed by atoms with E-state index in [1.54, 1.807) is 0 Å². The number of benzene rings is 2. The summed E-state index contributed by atoms with van der Waals surface area (Å²) in [6.45, 7) is 3.03. The number of hydrogen-bond donors (Lipinski definition) is 0. The molecule has 0 saturated carbocycles. The van der Waals surface area contributed by atoms with Gasteiger partial charge in [-0.15, -0.1) is 0 Å². The van der Waals surface area contributed by atoms with Crippen LogP contribution in [0.4, 0.5) is 5.69 Å². The molecule has 5 heteroatoms. The first-order valence-corrected chi connectivity index (χ1v) is 8.89. The second kappa shape index (κ2) is 6.10. The fourth-order valence-electron chi connectivity index (χ4n) is 2.53. The molecule has 0 saturated heterocycles. The van der Waals surface area contributed by atoms with Gasteiger partial charge in [0.2, 0.25) is 10.0 Å². The maximum absolute atomic E-state index is 12.6. The van der Waals surface area contributed by atoms with Crippen LogP contribution in [0.25, 0.3) is 0 Å². The lowest BCUT2D eigenvalue weighted by Gasteiger charge is -2.28. The first kappa shape index (κ1) is 15.1. The van der Waals surface area contributed by atoms with Crippen LogP contribution in [0.15, 0.2) is 48.5 Å². The Labute approximate surface area is 131 Å². The lowest BCUT2D eigenvalue weighted by Crippen LogP contribution is -2.36. The molecule has 3 rings (SSSR count). The topological polar surface area (TPSA) is 46.6 Å². The van der Waals surface area contributed by atoms with Gasteiger partial charge < -0.3 is 4.74 Å². The van der Waals surface area contributed by atoms with Crippen LogP contribution in [0.1, 0.15) is 16.7 Å². The third-order valence-electron chi connectivity index (χ3n) is 3.79. The second-order valence-corrected chi connectivity index (χ2v) is 7.50. The van der Waals surface area contributed by atoms with Crippen molar-refractivity contribution in [2.24, 2.45) is 0 Å². The Morgan fingerprint density at radius 1 is 1.09 bits per heavy atom. The molecule has 2 aromatic rings. The van der Waals surface area contributed by atoms with Crippen LogP contribution < -0.4 is 4.31 Å². The van der Waals surface area contributed by atoms with Crippen LogP contribution in [0.3, 0.4) is 0 Å². The molecule has 0 fully saturated rings. The number of fused-ring (bicyclic) bond motifs is 1. The summed E-state index contributed by atoms with van der Waals surface area (Å²) in [4.78, 5) is 0. The van der Waals surface area contributed by atoms with E-state index in [0.29, 0.717) is 18.8 Å². The van der Waals surface area contributed by atoms with Crippen LogP contribution in [0.5, 0.6) is 0 Å². The smallest absolute Gasteiger partial charge is 0.237 e. The molecule has 1 aliphatic rings. The van der Waals surface area contributed by atoms with Gasteiger partial charge in [0.05, 0.1) is 31.2 Å². The van der Waals surface area contributed by atoms with Gasteiger partial charge in [0.25, 0.3) is 0 Å². The number of aryl methyl sites for hydroxylation is 1. The van der Waals surface area contributed by atoms with E-state index in [1.807, 2.05) is 55.5 Å². The van der Waals surface area contributed by atoms with Gasteiger partial charge in [-0.1, -0.05) is 48.0 Å². The van der Waals surface area contributed by atoms with Gasteiger partial charge >= 0.3 is 0 Å². The van der Waals surface area contributed by atoms with Crippen LogP contribution in [-0.4, -0.2) is 20.8 Å². The summed E-state index contributed by atoms with van der Waals surface area (Å²) in [5.41, 5.74) is 3.75. The highest BCUT2D eigenvalue weighted by Gasteiger charge is 2.26. The first-order chi connectivity index (χ1) is 10.6. The zero-order valence-electron chi connectivity index (χ0n) is 12.5. The average Bonchev–Trinajstić information content (AvgIpc) is 2.50. The third-order valence-corrected chi connectivity index (χ3v) is 5.47. The number of rotatable bonds is 2. The molecular weight excluding hydrogens is 298 g/mol. The summed E-state index contributed by atoms with van der Waals surface area (Å²) in [6, 6.07) is 15.5. The lowest BCUT2D eigenvalue weighted by molar-refractivity contribution is 0.135. The normalized spacial score (nSPS) is 17.4. The van der Waals surface area contributed by atoms with E-state index in [2.05, 4.69) is 0 Å². The number of sulfonamides is 1. The lowest BCUT2D eigenvalue weighted by atomic mass is 10.1. The van der Waals surface area contributed by atoms with Crippen molar-refractivity contribution >= 4 is 15.7 Å². The van der Waals surface area contributed by atoms with Crippen molar-refractivity contribution < 1.29 is 13.2 Å². The number of para-hydroxylation sites is 1. The number of nitrogens with zero attached hydrogens (tertiary/aromatic N) is 1. The van der Waals surface area contributed by atoms with E-state index in [0.717, 1.165) is 16.7 Å². The van der Waals surface area contributed by atoms with Gasteiger partial charge in [0.1, 0.15) is 0 Å². The second-order valence-electron chi connectivity index (χ2n) is 5.49. The van der Waals surface area contributed by atoms with Crippen LogP contribution in [0, 0.1) is 6.92 Å². The summed E-state index contributed by atoms with van der Waals surface area (Å²) >= 11 is 0. The SMILES string of the molecule is Cc1ccc(CN2c3ccccc3COCCS2(=O)=O)cc1. The molecule has 0 radical (unpaired) electrons. The number of ether oxygens (including phenoxy) is 1. The first-order valence-electron chi connectivity index (χ1n) is 7.28. The van der Waals surface area contributed by atoms with Crippen molar-refractivity contribution in [2.45, 2.75) is 20.1 Å². The van der Waals surface area contributed by atoms with E-state index < -0.39 is 10.0 Å². The minimum absolute atomic E-state index is 0.00714. The van der Waals surface area contributed by atoms with E-state index in [9.17, 15) is 8.42 Å². The molecule has 4 nitrogen and oxygen atoms in total. The Balaban J connectivity index is 2.03. The van der Waals surface area contributed by atoms with E-state index in [-0.39, 0.29) is 12.4 Å². The van der Waals surface area contributed by atoms with E-state index in [1.165, 1.54) is 4.31 Å². The minimum atomic E-state index is -3.40. The maximum Gasteiger partial charge on any atom is 0.237 e. The molecule has 116 valence electrons. The fourth-order valence-corrected chi connectivity index (χ4v) is 3.90. The highest BCUT2D eigenvalue weighted by atomic mass is 32.2.